The Bertz CT molecular complexity index is 861. The highest BCUT2D eigenvalue weighted by Crippen LogP contribution is 2.38. The zero-order chi connectivity index (χ0) is 20.5. The number of hydrogen-bond donors (Lipinski definition) is 2. The molecule has 0 aliphatic rings. The highest BCUT2D eigenvalue weighted by Gasteiger charge is 2.15. The number of nitrogens with zero attached hydrogens (tertiary/aromatic N) is 1. The van der Waals surface area contributed by atoms with Crippen LogP contribution in [0.5, 0.6) is 23.0 Å². The number of rotatable bonds is 7. The summed E-state index contributed by atoms with van der Waals surface area (Å²) in [7, 11) is 4.53. The number of thiocarbonyl (C=S) groups is 1. The summed E-state index contributed by atoms with van der Waals surface area (Å²) in [5.41, 5.74) is 4.14. The number of hydrogen-bond acceptors (Lipinski definition) is 7. The molecule has 0 bridgehead atoms. The maximum absolute atomic E-state index is 11.3. The molecule has 2 N–H and O–H groups in total. The molecule has 0 atom stereocenters. The molecule has 9 heteroatoms. The lowest BCUT2D eigenvalue weighted by molar-refractivity contribution is -0.132. The quantitative estimate of drug-likeness (QED) is 0.240. The first kappa shape index (κ1) is 21.0. The summed E-state index contributed by atoms with van der Waals surface area (Å²) < 4.78 is 20.9. The van der Waals surface area contributed by atoms with Crippen LogP contribution in [-0.4, -0.2) is 38.6 Å². The van der Waals surface area contributed by atoms with Gasteiger partial charge in [-0.1, -0.05) is 6.07 Å². The van der Waals surface area contributed by atoms with E-state index in [1.54, 1.807) is 25.3 Å². The summed E-state index contributed by atoms with van der Waals surface area (Å²) in [6, 6.07) is 10.6. The molecular formula is C19H21N3O5S. The average Bonchev–Trinajstić information content (AvgIpc) is 2.68. The molecule has 0 spiro atoms. The monoisotopic (exact) mass is 403 g/mol. The Morgan fingerprint density at radius 1 is 1.07 bits per heavy atom. The van der Waals surface area contributed by atoms with E-state index >= 15 is 0 Å². The first-order chi connectivity index (χ1) is 13.5. The van der Waals surface area contributed by atoms with Crippen LogP contribution in [0, 0.1) is 0 Å². The molecule has 0 aliphatic carbocycles. The van der Waals surface area contributed by atoms with E-state index < -0.39 is 5.97 Å². The second-order valence-electron chi connectivity index (χ2n) is 5.40. The summed E-state index contributed by atoms with van der Waals surface area (Å²) in [6.45, 7) is 1.30. The number of nitrogens with one attached hydrogen (secondary N) is 2. The van der Waals surface area contributed by atoms with Crippen LogP contribution in [0.25, 0.3) is 0 Å². The van der Waals surface area contributed by atoms with E-state index in [0.29, 0.717) is 27.9 Å². The third-order valence-corrected chi connectivity index (χ3v) is 3.63. The molecule has 2 aromatic carbocycles. The summed E-state index contributed by atoms with van der Waals surface area (Å²) in [6.07, 6.45) is 1.53. The van der Waals surface area contributed by atoms with Crippen molar-refractivity contribution >= 4 is 35.2 Å². The van der Waals surface area contributed by atoms with E-state index in [1.165, 1.54) is 27.4 Å². The maximum Gasteiger partial charge on any atom is 0.308 e. The zero-order valence-electron chi connectivity index (χ0n) is 15.9. The van der Waals surface area contributed by atoms with Crippen LogP contribution in [-0.2, 0) is 4.79 Å². The smallest absolute Gasteiger partial charge is 0.308 e. The molecule has 2 aromatic rings. The van der Waals surface area contributed by atoms with Gasteiger partial charge in [-0.3, -0.25) is 10.2 Å². The number of anilines is 1. The van der Waals surface area contributed by atoms with Gasteiger partial charge in [-0.05, 0) is 36.5 Å². The van der Waals surface area contributed by atoms with Crippen LogP contribution in [0.3, 0.4) is 0 Å². The van der Waals surface area contributed by atoms with E-state index in [2.05, 4.69) is 15.8 Å². The lowest BCUT2D eigenvalue weighted by Crippen LogP contribution is -2.23. The maximum atomic E-state index is 11.3. The minimum absolute atomic E-state index is 0.206. The number of methoxy groups -OCH3 is 3. The SMILES string of the molecule is COc1cccc(NC(=S)N/N=C/c2cc(OC)c(OC(C)=O)c(OC)c2)c1. The van der Waals surface area contributed by atoms with Crippen molar-refractivity contribution in [1.82, 2.24) is 5.43 Å². The molecule has 2 rings (SSSR count). The molecule has 8 nitrogen and oxygen atoms in total. The molecule has 0 heterocycles. The number of carbonyl (C=O) groups is 1. The normalized spacial score (nSPS) is 10.3. The Morgan fingerprint density at radius 2 is 1.75 bits per heavy atom. The van der Waals surface area contributed by atoms with Gasteiger partial charge in [-0.2, -0.15) is 5.10 Å². The van der Waals surface area contributed by atoms with Crippen molar-refractivity contribution in [3.05, 3.63) is 42.0 Å². The van der Waals surface area contributed by atoms with Gasteiger partial charge in [0, 0.05) is 24.2 Å². The zero-order valence-corrected chi connectivity index (χ0v) is 16.8. The molecule has 0 unspecified atom stereocenters. The molecular weight excluding hydrogens is 382 g/mol. The van der Waals surface area contributed by atoms with Gasteiger partial charge in [-0.15, -0.1) is 0 Å². The van der Waals surface area contributed by atoms with E-state index in [1.807, 2.05) is 18.2 Å². The molecule has 0 aromatic heterocycles. The standard InChI is InChI=1S/C19H21N3O5S/c1-12(23)27-18-16(25-3)8-13(9-17(18)26-4)11-20-22-19(28)21-14-6-5-7-15(10-14)24-2/h5-11H,1-4H3,(H2,21,22,28)/b20-11+. The molecule has 148 valence electrons. The van der Waals surface area contributed by atoms with Gasteiger partial charge in [0.25, 0.3) is 0 Å². The van der Waals surface area contributed by atoms with Crippen LogP contribution in [0.4, 0.5) is 5.69 Å². The third kappa shape index (κ3) is 5.85. The van der Waals surface area contributed by atoms with Gasteiger partial charge in [0.1, 0.15) is 5.75 Å². The van der Waals surface area contributed by atoms with Gasteiger partial charge >= 0.3 is 5.97 Å². The van der Waals surface area contributed by atoms with E-state index in [-0.39, 0.29) is 5.75 Å². The van der Waals surface area contributed by atoms with Gasteiger partial charge in [-0.25, -0.2) is 0 Å². The topological polar surface area (TPSA) is 90.4 Å². The van der Waals surface area contributed by atoms with Gasteiger partial charge in [0.05, 0.1) is 27.5 Å². The molecule has 0 amide bonds. The van der Waals surface area contributed by atoms with Crippen molar-refractivity contribution in [2.45, 2.75) is 6.92 Å². The van der Waals surface area contributed by atoms with Crippen molar-refractivity contribution in [3.8, 4) is 23.0 Å². The average molecular weight is 403 g/mol. The molecule has 28 heavy (non-hydrogen) atoms. The Hall–Kier alpha value is -3.33. The Balaban J connectivity index is 2.08. The highest BCUT2D eigenvalue weighted by molar-refractivity contribution is 7.80. The first-order valence-electron chi connectivity index (χ1n) is 8.15. The van der Waals surface area contributed by atoms with Crippen molar-refractivity contribution in [1.29, 1.82) is 0 Å². The van der Waals surface area contributed by atoms with Gasteiger partial charge in [0.15, 0.2) is 16.6 Å². The van der Waals surface area contributed by atoms with E-state index in [0.717, 1.165) is 5.69 Å². The fourth-order valence-electron chi connectivity index (χ4n) is 2.24. The second kappa shape index (κ2) is 10.1. The summed E-state index contributed by atoms with van der Waals surface area (Å²) in [5, 5.41) is 7.40. The lowest BCUT2D eigenvalue weighted by Gasteiger charge is -2.13. The second-order valence-corrected chi connectivity index (χ2v) is 5.81. The molecule has 0 saturated heterocycles. The fraction of sp³-hybridized carbons (Fsp3) is 0.211. The highest BCUT2D eigenvalue weighted by atomic mass is 32.1. The number of ether oxygens (including phenoxy) is 4. The minimum atomic E-state index is -0.478. The number of hydrazone groups is 1. The van der Waals surface area contributed by atoms with E-state index in [9.17, 15) is 4.79 Å². The molecule has 0 fully saturated rings. The van der Waals surface area contributed by atoms with Crippen molar-refractivity contribution in [3.63, 3.8) is 0 Å². The summed E-state index contributed by atoms with van der Waals surface area (Å²) >= 11 is 5.21. The van der Waals surface area contributed by atoms with Crippen LogP contribution < -0.4 is 29.7 Å². The van der Waals surface area contributed by atoms with Gasteiger partial charge in [0.2, 0.25) is 5.75 Å². The number of benzene rings is 2. The predicted octanol–water partition coefficient (Wildman–Crippen LogP) is 2.96. The minimum Gasteiger partial charge on any atom is -0.497 e. The van der Waals surface area contributed by atoms with Crippen LogP contribution in [0.15, 0.2) is 41.5 Å². The van der Waals surface area contributed by atoms with Crippen LogP contribution in [0.1, 0.15) is 12.5 Å². The van der Waals surface area contributed by atoms with Crippen molar-refractivity contribution < 1.29 is 23.7 Å². The van der Waals surface area contributed by atoms with E-state index in [4.69, 9.17) is 31.2 Å². The lowest BCUT2D eigenvalue weighted by atomic mass is 10.2. The van der Waals surface area contributed by atoms with Crippen LogP contribution >= 0.6 is 12.2 Å². The first-order valence-corrected chi connectivity index (χ1v) is 8.56. The number of esters is 1. The van der Waals surface area contributed by atoms with Crippen molar-refractivity contribution in [2.75, 3.05) is 26.6 Å². The summed E-state index contributed by atoms with van der Waals surface area (Å²) in [4.78, 5) is 11.3. The largest absolute Gasteiger partial charge is 0.497 e. The Labute approximate surface area is 168 Å². The third-order valence-electron chi connectivity index (χ3n) is 3.44. The molecule has 0 saturated carbocycles. The predicted molar refractivity (Wildman–Crippen MR) is 111 cm³/mol. The summed E-state index contributed by atoms with van der Waals surface area (Å²) in [5.74, 6) is 1.12. The Kier molecular flexibility index (Phi) is 7.58. The molecule has 0 radical (unpaired) electrons. The number of carbonyl (C=O) groups excluding carboxylic acids is 1. The van der Waals surface area contributed by atoms with Gasteiger partial charge < -0.3 is 24.3 Å². The van der Waals surface area contributed by atoms with Crippen molar-refractivity contribution in [2.24, 2.45) is 5.10 Å². The fourth-order valence-corrected chi connectivity index (χ4v) is 2.41. The van der Waals surface area contributed by atoms with Crippen LogP contribution in [0.2, 0.25) is 0 Å². The Morgan fingerprint density at radius 3 is 2.32 bits per heavy atom. The molecule has 0 aliphatic heterocycles.